The predicted molar refractivity (Wildman–Crippen MR) is 93.0 cm³/mol. The van der Waals surface area contributed by atoms with Crippen LogP contribution in [0, 0.1) is 12.3 Å². The van der Waals surface area contributed by atoms with Crippen molar-refractivity contribution < 1.29 is 9.18 Å². The summed E-state index contributed by atoms with van der Waals surface area (Å²) in [4.78, 5) is 20.5. The van der Waals surface area contributed by atoms with Gasteiger partial charge in [0.2, 0.25) is 0 Å². The van der Waals surface area contributed by atoms with Gasteiger partial charge in [-0.05, 0) is 43.6 Å². The smallest absolute Gasteiger partial charge is 0.255 e. The average molecular weight is 366 g/mol. The van der Waals surface area contributed by atoms with Crippen LogP contribution in [0.5, 0.6) is 0 Å². The van der Waals surface area contributed by atoms with Gasteiger partial charge in [-0.3, -0.25) is 9.79 Å². The molecule has 4 aliphatic rings. The summed E-state index contributed by atoms with van der Waals surface area (Å²) in [5, 5.41) is 2.89. The molecule has 2 spiro atoms. The van der Waals surface area contributed by atoms with Gasteiger partial charge < -0.3 is 10.2 Å². The van der Waals surface area contributed by atoms with E-state index >= 15 is 0 Å². The molecule has 1 aromatic rings. The number of aliphatic imine (C=N–C) groups is 1. The minimum Gasteiger partial charge on any atom is -0.348 e. The van der Waals surface area contributed by atoms with Crippen LogP contribution in [-0.4, -0.2) is 29.7 Å². The number of thiophene rings is 1. The second-order valence-electron chi connectivity index (χ2n) is 7.49. The standard InChI is InChI=1S/C17H17ClFN3OS/c1-8-10-13(24-12(8)11-9(19)5-20-15(18)21-11)17(22(2)14(10)23)6-16(7-17)3-4-16/h5,15,21H,3-4,6-7H2,1-2H3. The molecule has 1 amide bonds. The zero-order valence-electron chi connectivity index (χ0n) is 13.4. The number of amides is 1. The van der Waals surface area contributed by atoms with Crippen molar-refractivity contribution >= 4 is 40.8 Å². The van der Waals surface area contributed by atoms with Crippen molar-refractivity contribution in [3.8, 4) is 0 Å². The Labute approximate surface area is 148 Å². The second kappa shape index (κ2) is 4.41. The molecule has 2 aliphatic carbocycles. The Balaban J connectivity index is 1.64. The van der Waals surface area contributed by atoms with Crippen molar-refractivity contribution in [1.29, 1.82) is 0 Å². The highest BCUT2D eigenvalue weighted by Crippen LogP contribution is 2.72. The number of halogens is 2. The average Bonchev–Trinajstić information content (AvgIpc) is 3.19. The highest BCUT2D eigenvalue weighted by Gasteiger charge is 2.67. The van der Waals surface area contributed by atoms with Gasteiger partial charge in [0, 0.05) is 11.9 Å². The van der Waals surface area contributed by atoms with Crippen LogP contribution in [0.4, 0.5) is 4.39 Å². The van der Waals surface area contributed by atoms with Gasteiger partial charge in [-0.1, -0.05) is 11.6 Å². The maximum Gasteiger partial charge on any atom is 0.255 e. The number of nitrogens with zero attached hydrogens (tertiary/aromatic N) is 2. The van der Waals surface area contributed by atoms with E-state index in [0.29, 0.717) is 11.1 Å². The summed E-state index contributed by atoms with van der Waals surface area (Å²) in [7, 11) is 1.91. The number of alkyl halides is 1. The third kappa shape index (κ3) is 1.68. The van der Waals surface area contributed by atoms with E-state index in [-0.39, 0.29) is 11.4 Å². The first-order chi connectivity index (χ1) is 11.4. The molecule has 1 aromatic heterocycles. The fraction of sp³-hybridized carbons (Fsp3) is 0.529. The molecule has 0 saturated heterocycles. The van der Waals surface area contributed by atoms with Crippen LogP contribution < -0.4 is 5.32 Å². The van der Waals surface area contributed by atoms with E-state index in [9.17, 15) is 9.18 Å². The quantitative estimate of drug-likeness (QED) is 0.608. The number of fused-ring (bicyclic) bond motifs is 2. The van der Waals surface area contributed by atoms with Crippen LogP contribution in [-0.2, 0) is 5.54 Å². The Morgan fingerprint density at radius 1 is 1.46 bits per heavy atom. The second-order valence-corrected chi connectivity index (χ2v) is 8.92. The zero-order chi connectivity index (χ0) is 16.9. The molecule has 4 nitrogen and oxygen atoms in total. The summed E-state index contributed by atoms with van der Waals surface area (Å²) in [5.41, 5.74) is 1.59. The number of allylic oxidation sites excluding steroid dienone is 1. The number of carbonyl (C=O) groups is 1. The lowest BCUT2D eigenvalue weighted by Gasteiger charge is -2.50. The van der Waals surface area contributed by atoms with Gasteiger partial charge in [-0.25, -0.2) is 4.39 Å². The summed E-state index contributed by atoms with van der Waals surface area (Å²) in [6.07, 6.45) is 5.79. The summed E-state index contributed by atoms with van der Waals surface area (Å²) < 4.78 is 14.3. The molecule has 0 aromatic carbocycles. The first-order valence-corrected chi connectivity index (χ1v) is 9.38. The summed E-state index contributed by atoms with van der Waals surface area (Å²) in [5.74, 6) is -0.370. The van der Waals surface area contributed by atoms with Crippen molar-refractivity contribution in [3.63, 3.8) is 0 Å². The highest BCUT2D eigenvalue weighted by atomic mass is 35.5. The topological polar surface area (TPSA) is 44.7 Å². The zero-order valence-corrected chi connectivity index (χ0v) is 15.0. The molecule has 2 fully saturated rings. The molecular formula is C17H17ClFN3OS. The molecule has 126 valence electrons. The van der Waals surface area contributed by atoms with Crippen molar-refractivity contribution in [3.05, 3.63) is 26.7 Å². The van der Waals surface area contributed by atoms with E-state index in [2.05, 4.69) is 10.3 Å². The fourth-order valence-corrected chi connectivity index (χ4v) is 6.26. The molecule has 1 atom stereocenters. The molecule has 0 radical (unpaired) electrons. The number of rotatable bonds is 1. The van der Waals surface area contributed by atoms with Crippen LogP contribution in [0.25, 0.3) is 5.70 Å². The van der Waals surface area contributed by atoms with E-state index in [0.717, 1.165) is 39.9 Å². The maximum absolute atomic E-state index is 14.3. The number of nitrogens with one attached hydrogen (secondary N) is 1. The minimum absolute atomic E-state index is 0.0633. The number of hydrogen-bond acceptors (Lipinski definition) is 4. The summed E-state index contributed by atoms with van der Waals surface area (Å²) in [6, 6.07) is 0. The van der Waals surface area contributed by atoms with E-state index in [1.807, 2.05) is 18.9 Å². The van der Waals surface area contributed by atoms with Crippen LogP contribution in [0.15, 0.2) is 10.8 Å². The van der Waals surface area contributed by atoms with Crippen LogP contribution >= 0.6 is 22.9 Å². The van der Waals surface area contributed by atoms with Crippen molar-refractivity contribution in [2.24, 2.45) is 10.4 Å². The Bertz CT molecular complexity index is 846. The van der Waals surface area contributed by atoms with Crippen molar-refractivity contribution in [2.75, 3.05) is 7.05 Å². The first kappa shape index (κ1) is 14.9. The molecule has 2 saturated carbocycles. The molecule has 1 N–H and O–H groups in total. The van der Waals surface area contributed by atoms with Gasteiger partial charge in [-0.15, -0.1) is 11.3 Å². The number of hydrogen-bond donors (Lipinski definition) is 1. The van der Waals surface area contributed by atoms with Crippen LogP contribution in [0.1, 0.15) is 51.4 Å². The molecule has 24 heavy (non-hydrogen) atoms. The van der Waals surface area contributed by atoms with E-state index in [1.165, 1.54) is 24.2 Å². The predicted octanol–water partition coefficient (Wildman–Crippen LogP) is 3.75. The molecule has 5 rings (SSSR count). The lowest BCUT2D eigenvalue weighted by atomic mass is 9.64. The molecule has 1 unspecified atom stereocenters. The highest BCUT2D eigenvalue weighted by molar-refractivity contribution is 7.14. The SMILES string of the molecule is Cc1c(C2=C(F)C=NC(Cl)N2)sc2c1C(=O)N(C)C21CC2(CC2)C1. The van der Waals surface area contributed by atoms with E-state index < -0.39 is 11.5 Å². The third-order valence-corrected chi connectivity index (χ3v) is 7.79. The molecule has 3 heterocycles. The monoisotopic (exact) mass is 365 g/mol. The van der Waals surface area contributed by atoms with E-state index in [4.69, 9.17) is 11.6 Å². The largest absolute Gasteiger partial charge is 0.348 e. The maximum atomic E-state index is 14.3. The lowest BCUT2D eigenvalue weighted by Crippen LogP contribution is -2.51. The van der Waals surface area contributed by atoms with Gasteiger partial charge in [0.15, 0.2) is 11.5 Å². The van der Waals surface area contributed by atoms with Crippen LogP contribution in [0.2, 0.25) is 0 Å². The molecule has 0 bridgehead atoms. The summed E-state index contributed by atoms with van der Waals surface area (Å²) >= 11 is 7.52. The van der Waals surface area contributed by atoms with Gasteiger partial charge in [0.05, 0.1) is 27.9 Å². The lowest BCUT2D eigenvalue weighted by molar-refractivity contribution is -0.00242. The molecular weight excluding hydrogens is 349 g/mol. The van der Waals surface area contributed by atoms with E-state index in [1.54, 1.807) is 0 Å². The molecule has 2 aliphatic heterocycles. The van der Waals surface area contributed by atoms with Crippen molar-refractivity contribution in [2.45, 2.75) is 43.8 Å². The Morgan fingerprint density at radius 3 is 2.83 bits per heavy atom. The van der Waals surface area contributed by atoms with Gasteiger partial charge in [0.25, 0.3) is 5.91 Å². The van der Waals surface area contributed by atoms with Gasteiger partial charge in [0.1, 0.15) is 0 Å². The molecule has 7 heteroatoms. The van der Waals surface area contributed by atoms with Crippen molar-refractivity contribution in [1.82, 2.24) is 10.2 Å². The Hall–Kier alpha value is -1.40. The fourth-order valence-electron chi connectivity index (χ4n) is 4.56. The van der Waals surface area contributed by atoms with Gasteiger partial charge >= 0.3 is 0 Å². The number of carbonyl (C=O) groups excluding carboxylic acids is 1. The summed E-state index contributed by atoms with van der Waals surface area (Å²) in [6.45, 7) is 1.90. The third-order valence-electron chi connectivity index (χ3n) is 6.07. The van der Waals surface area contributed by atoms with Crippen LogP contribution in [0.3, 0.4) is 0 Å². The normalized spacial score (nSPS) is 28.4. The first-order valence-electron chi connectivity index (χ1n) is 8.13. The van der Waals surface area contributed by atoms with Gasteiger partial charge in [-0.2, -0.15) is 0 Å². The Morgan fingerprint density at radius 2 is 2.17 bits per heavy atom. The minimum atomic E-state index is -0.679. The Kier molecular flexibility index (Phi) is 2.74.